The molecule has 0 spiro atoms. The summed E-state index contributed by atoms with van der Waals surface area (Å²) in [6.45, 7) is 7.29. The maximum Gasteiger partial charge on any atom is 0.0445 e. The molecule has 0 rings (SSSR count). The first-order chi connectivity index (χ1) is 6.14. The van der Waals surface area contributed by atoms with E-state index in [9.17, 15) is 0 Å². The van der Waals surface area contributed by atoms with Crippen molar-refractivity contribution in [2.24, 2.45) is 5.73 Å². The predicted molar refractivity (Wildman–Crippen MR) is 56.7 cm³/mol. The lowest BCUT2D eigenvalue weighted by molar-refractivity contribution is 0.228. The highest BCUT2D eigenvalue weighted by molar-refractivity contribution is 4.88. The summed E-state index contributed by atoms with van der Waals surface area (Å²) >= 11 is 0. The average molecular weight is 188 g/mol. The van der Waals surface area contributed by atoms with Crippen molar-refractivity contribution in [3.8, 4) is 0 Å². The summed E-state index contributed by atoms with van der Waals surface area (Å²) in [5.41, 5.74) is 5.81. The second-order valence-electron chi connectivity index (χ2n) is 3.75. The first kappa shape index (κ1) is 12.9. The molecule has 0 saturated carbocycles. The SMILES string of the molecule is CCC(CC)(CN)NC(C)CCO. The zero-order valence-corrected chi connectivity index (χ0v) is 9.14. The molecule has 0 aliphatic rings. The van der Waals surface area contributed by atoms with Gasteiger partial charge in [-0.1, -0.05) is 13.8 Å². The summed E-state index contributed by atoms with van der Waals surface area (Å²) in [6, 6.07) is 0.341. The lowest BCUT2D eigenvalue weighted by Crippen LogP contribution is -2.53. The Morgan fingerprint density at radius 1 is 1.38 bits per heavy atom. The van der Waals surface area contributed by atoms with E-state index in [4.69, 9.17) is 10.8 Å². The normalized spacial score (nSPS) is 14.5. The van der Waals surface area contributed by atoms with Gasteiger partial charge in [0.2, 0.25) is 0 Å². The first-order valence-electron chi connectivity index (χ1n) is 5.22. The number of nitrogens with two attached hydrogens (primary N) is 1. The van der Waals surface area contributed by atoms with Crippen LogP contribution in [0.2, 0.25) is 0 Å². The third kappa shape index (κ3) is 4.07. The highest BCUT2D eigenvalue weighted by Crippen LogP contribution is 2.14. The van der Waals surface area contributed by atoms with Crippen LogP contribution in [0.15, 0.2) is 0 Å². The molecule has 13 heavy (non-hydrogen) atoms. The van der Waals surface area contributed by atoms with Crippen molar-refractivity contribution in [1.29, 1.82) is 0 Å². The Balaban J connectivity index is 4.07. The first-order valence-corrected chi connectivity index (χ1v) is 5.22. The standard InChI is InChI=1S/C10H24N2O/c1-4-10(5-2,8-11)12-9(3)6-7-13/h9,12-13H,4-8,11H2,1-3H3. The van der Waals surface area contributed by atoms with Crippen molar-refractivity contribution in [2.45, 2.75) is 51.6 Å². The highest BCUT2D eigenvalue weighted by atomic mass is 16.3. The fourth-order valence-corrected chi connectivity index (χ4v) is 1.59. The van der Waals surface area contributed by atoms with Gasteiger partial charge in [0.25, 0.3) is 0 Å². The highest BCUT2D eigenvalue weighted by Gasteiger charge is 2.25. The molecule has 0 bridgehead atoms. The fourth-order valence-electron chi connectivity index (χ4n) is 1.59. The second-order valence-corrected chi connectivity index (χ2v) is 3.75. The fraction of sp³-hybridized carbons (Fsp3) is 1.00. The van der Waals surface area contributed by atoms with E-state index in [0.717, 1.165) is 19.3 Å². The van der Waals surface area contributed by atoms with Crippen LogP contribution >= 0.6 is 0 Å². The third-order valence-corrected chi connectivity index (χ3v) is 2.86. The third-order valence-electron chi connectivity index (χ3n) is 2.86. The van der Waals surface area contributed by atoms with Crippen molar-refractivity contribution in [1.82, 2.24) is 5.32 Å². The molecule has 0 aromatic carbocycles. The summed E-state index contributed by atoms with van der Waals surface area (Å²) in [5.74, 6) is 0. The summed E-state index contributed by atoms with van der Waals surface area (Å²) in [7, 11) is 0. The molecule has 0 aromatic rings. The zero-order chi connectivity index (χ0) is 10.3. The topological polar surface area (TPSA) is 58.3 Å². The van der Waals surface area contributed by atoms with E-state index >= 15 is 0 Å². The van der Waals surface area contributed by atoms with E-state index in [1.54, 1.807) is 0 Å². The van der Waals surface area contributed by atoms with Crippen LogP contribution in [-0.4, -0.2) is 29.8 Å². The van der Waals surface area contributed by atoms with Gasteiger partial charge in [0.05, 0.1) is 0 Å². The lowest BCUT2D eigenvalue weighted by atomic mass is 9.91. The van der Waals surface area contributed by atoms with E-state index in [1.165, 1.54) is 0 Å². The van der Waals surface area contributed by atoms with Crippen LogP contribution in [0.4, 0.5) is 0 Å². The van der Waals surface area contributed by atoms with Crippen molar-refractivity contribution in [3.05, 3.63) is 0 Å². The van der Waals surface area contributed by atoms with E-state index in [1.807, 2.05) is 0 Å². The predicted octanol–water partition coefficient (Wildman–Crippen LogP) is 0.864. The van der Waals surface area contributed by atoms with Gasteiger partial charge in [-0.25, -0.2) is 0 Å². The molecule has 0 radical (unpaired) electrons. The number of hydrogen-bond acceptors (Lipinski definition) is 3. The Morgan fingerprint density at radius 2 is 1.92 bits per heavy atom. The van der Waals surface area contributed by atoms with Crippen molar-refractivity contribution < 1.29 is 5.11 Å². The Morgan fingerprint density at radius 3 is 2.23 bits per heavy atom. The molecular weight excluding hydrogens is 164 g/mol. The summed E-state index contributed by atoms with van der Waals surface area (Å²) in [4.78, 5) is 0. The van der Waals surface area contributed by atoms with Crippen molar-refractivity contribution in [3.63, 3.8) is 0 Å². The quantitative estimate of drug-likeness (QED) is 0.555. The second kappa shape index (κ2) is 6.35. The van der Waals surface area contributed by atoms with E-state index in [0.29, 0.717) is 12.6 Å². The largest absolute Gasteiger partial charge is 0.396 e. The number of aliphatic hydroxyl groups excluding tert-OH is 1. The molecule has 0 amide bonds. The molecule has 0 aromatic heterocycles. The maximum atomic E-state index is 8.78. The van der Waals surface area contributed by atoms with Gasteiger partial charge in [-0.2, -0.15) is 0 Å². The minimum atomic E-state index is 0.0641. The van der Waals surface area contributed by atoms with Gasteiger partial charge >= 0.3 is 0 Å². The minimum absolute atomic E-state index is 0.0641. The van der Waals surface area contributed by atoms with Crippen LogP contribution in [0.25, 0.3) is 0 Å². The molecule has 0 heterocycles. The van der Waals surface area contributed by atoms with Crippen LogP contribution in [0.1, 0.15) is 40.0 Å². The van der Waals surface area contributed by atoms with Gasteiger partial charge in [-0.3, -0.25) is 0 Å². The van der Waals surface area contributed by atoms with Gasteiger partial charge in [0, 0.05) is 24.7 Å². The molecule has 0 fully saturated rings. The minimum Gasteiger partial charge on any atom is -0.396 e. The molecule has 0 aliphatic heterocycles. The Bertz CT molecular complexity index is 116. The molecule has 3 heteroatoms. The van der Waals surface area contributed by atoms with Gasteiger partial charge in [0.15, 0.2) is 0 Å². The Kier molecular flexibility index (Phi) is 6.29. The van der Waals surface area contributed by atoms with Gasteiger partial charge < -0.3 is 16.2 Å². The number of rotatable bonds is 7. The van der Waals surface area contributed by atoms with Crippen molar-refractivity contribution in [2.75, 3.05) is 13.2 Å². The smallest absolute Gasteiger partial charge is 0.0445 e. The molecular formula is C10H24N2O. The molecule has 4 N–H and O–H groups in total. The van der Waals surface area contributed by atoms with Crippen LogP contribution in [0, 0.1) is 0 Å². The molecule has 1 atom stereocenters. The van der Waals surface area contributed by atoms with E-state index in [-0.39, 0.29) is 12.1 Å². The van der Waals surface area contributed by atoms with Crippen molar-refractivity contribution >= 4 is 0 Å². The zero-order valence-electron chi connectivity index (χ0n) is 9.14. The van der Waals surface area contributed by atoms with Crippen LogP contribution < -0.4 is 11.1 Å². The van der Waals surface area contributed by atoms with Gasteiger partial charge in [0.1, 0.15) is 0 Å². The molecule has 0 saturated heterocycles. The Labute approximate surface area is 81.7 Å². The molecule has 1 unspecified atom stereocenters. The number of hydrogen-bond donors (Lipinski definition) is 3. The summed E-state index contributed by atoms with van der Waals surface area (Å²) in [6.07, 6.45) is 2.87. The average Bonchev–Trinajstić information content (AvgIpc) is 2.15. The maximum absolute atomic E-state index is 8.78. The van der Waals surface area contributed by atoms with Crippen LogP contribution in [-0.2, 0) is 0 Å². The molecule has 0 aliphatic carbocycles. The Hall–Kier alpha value is -0.120. The molecule has 80 valence electrons. The van der Waals surface area contributed by atoms with Gasteiger partial charge in [-0.05, 0) is 26.2 Å². The monoisotopic (exact) mass is 188 g/mol. The summed E-state index contributed by atoms with van der Waals surface area (Å²) in [5, 5.41) is 12.3. The molecule has 3 nitrogen and oxygen atoms in total. The van der Waals surface area contributed by atoms with Crippen LogP contribution in [0.5, 0.6) is 0 Å². The summed E-state index contributed by atoms with van der Waals surface area (Å²) < 4.78 is 0. The number of aliphatic hydroxyl groups is 1. The lowest BCUT2D eigenvalue weighted by Gasteiger charge is -2.34. The van der Waals surface area contributed by atoms with E-state index in [2.05, 4.69) is 26.1 Å². The van der Waals surface area contributed by atoms with Gasteiger partial charge in [-0.15, -0.1) is 0 Å². The van der Waals surface area contributed by atoms with Crippen LogP contribution in [0.3, 0.4) is 0 Å². The number of nitrogens with one attached hydrogen (secondary N) is 1. The van der Waals surface area contributed by atoms with E-state index < -0.39 is 0 Å².